The first-order chi connectivity index (χ1) is 15.9. The summed E-state index contributed by atoms with van der Waals surface area (Å²) >= 11 is 0. The highest BCUT2D eigenvalue weighted by atomic mass is 32.2. The van der Waals surface area contributed by atoms with Crippen LogP contribution in [0.5, 0.6) is 0 Å². The number of hydrogen-bond acceptors (Lipinski definition) is 4. The third-order valence-corrected chi connectivity index (χ3v) is 7.03. The third kappa shape index (κ3) is 5.13. The molecule has 1 aliphatic rings. The van der Waals surface area contributed by atoms with Gasteiger partial charge < -0.3 is 10.6 Å². The molecule has 1 heterocycles. The highest BCUT2D eigenvalue weighted by Crippen LogP contribution is 2.27. The van der Waals surface area contributed by atoms with Crippen LogP contribution in [-0.2, 0) is 32.5 Å². The molecule has 0 spiro atoms. The molecule has 0 unspecified atom stereocenters. The number of aryl methyl sites for hydroxylation is 2. The van der Waals surface area contributed by atoms with Crippen LogP contribution in [0.2, 0.25) is 0 Å². The van der Waals surface area contributed by atoms with Crippen molar-refractivity contribution in [1.82, 2.24) is 4.72 Å². The zero-order valence-electron chi connectivity index (χ0n) is 18.2. The van der Waals surface area contributed by atoms with E-state index >= 15 is 0 Å². The van der Waals surface area contributed by atoms with Crippen LogP contribution < -0.4 is 15.4 Å². The number of hydrogen-bond donors (Lipinski definition) is 3. The molecular weight excluding hydrogens is 438 g/mol. The Bertz CT molecular complexity index is 1290. The van der Waals surface area contributed by atoms with Crippen LogP contribution in [-0.4, -0.2) is 20.2 Å². The molecule has 0 aromatic heterocycles. The second-order valence-corrected chi connectivity index (χ2v) is 9.55. The average Bonchev–Trinajstić information content (AvgIpc) is 2.83. The van der Waals surface area contributed by atoms with Crippen LogP contribution in [0.3, 0.4) is 0 Å². The molecule has 1 atom stereocenters. The van der Waals surface area contributed by atoms with Gasteiger partial charge in [-0.3, -0.25) is 9.59 Å². The number of rotatable bonds is 7. The summed E-state index contributed by atoms with van der Waals surface area (Å²) in [6, 6.07) is 19.6. The van der Waals surface area contributed by atoms with E-state index in [4.69, 9.17) is 0 Å². The molecule has 0 saturated heterocycles. The van der Waals surface area contributed by atoms with Gasteiger partial charge in [0.2, 0.25) is 21.8 Å². The molecule has 8 heteroatoms. The summed E-state index contributed by atoms with van der Waals surface area (Å²) in [6.45, 7) is 1.99. The van der Waals surface area contributed by atoms with Gasteiger partial charge in [-0.1, -0.05) is 55.5 Å². The Balaban J connectivity index is 1.64. The Morgan fingerprint density at radius 1 is 1.00 bits per heavy atom. The van der Waals surface area contributed by atoms with Crippen LogP contribution >= 0.6 is 0 Å². The van der Waals surface area contributed by atoms with Crippen molar-refractivity contribution in [2.24, 2.45) is 0 Å². The van der Waals surface area contributed by atoms with Gasteiger partial charge in [0.1, 0.15) is 6.04 Å². The SMILES string of the molecule is CCc1ccccc1NC(=O)[C@@H](NS(=O)(=O)c1ccc2c(c1)CCC(=O)N2)c1ccccc1. The molecule has 0 aliphatic carbocycles. The second-order valence-electron chi connectivity index (χ2n) is 7.83. The topological polar surface area (TPSA) is 104 Å². The van der Waals surface area contributed by atoms with Crippen molar-refractivity contribution in [3.8, 4) is 0 Å². The van der Waals surface area contributed by atoms with E-state index in [1.165, 1.54) is 6.07 Å². The van der Waals surface area contributed by atoms with Gasteiger partial charge in [0.05, 0.1) is 4.90 Å². The molecule has 2 amide bonds. The summed E-state index contributed by atoms with van der Waals surface area (Å²) in [4.78, 5) is 24.9. The summed E-state index contributed by atoms with van der Waals surface area (Å²) in [7, 11) is -4.03. The van der Waals surface area contributed by atoms with E-state index in [1.54, 1.807) is 48.5 Å². The second kappa shape index (κ2) is 9.56. The Labute approximate surface area is 193 Å². The fraction of sp³-hybridized carbons (Fsp3) is 0.200. The number of carbonyl (C=O) groups is 2. The van der Waals surface area contributed by atoms with Gasteiger partial charge in [0.25, 0.3) is 0 Å². The number of benzene rings is 3. The quantitative estimate of drug-likeness (QED) is 0.496. The summed E-state index contributed by atoms with van der Waals surface area (Å²) in [5, 5.41) is 5.62. The fourth-order valence-corrected chi connectivity index (χ4v) is 5.06. The van der Waals surface area contributed by atoms with Gasteiger partial charge in [-0.25, -0.2) is 8.42 Å². The van der Waals surface area contributed by atoms with Crippen molar-refractivity contribution >= 4 is 33.2 Å². The summed E-state index contributed by atoms with van der Waals surface area (Å²) in [5.74, 6) is -0.569. The minimum Gasteiger partial charge on any atom is -0.326 e. The van der Waals surface area contributed by atoms with Crippen LogP contribution in [0.4, 0.5) is 11.4 Å². The van der Waals surface area contributed by atoms with Gasteiger partial charge in [-0.15, -0.1) is 0 Å². The monoisotopic (exact) mass is 463 g/mol. The lowest BCUT2D eigenvalue weighted by molar-refractivity contribution is -0.118. The largest absolute Gasteiger partial charge is 0.326 e. The van der Waals surface area contributed by atoms with Gasteiger partial charge in [0.15, 0.2) is 0 Å². The molecule has 0 saturated carbocycles. The van der Waals surface area contributed by atoms with Crippen molar-refractivity contribution in [3.05, 3.63) is 89.5 Å². The molecule has 0 radical (unpaired) electrons. The zero-order chi connectivity index (χ0) is 23.4. The van der Waals surface area contributed by atoms with Crippen LogP contribution in [0.15, 0.2) is 77.7 Å². The van der Waals surface area contributed by atoms with Crippen molar-refractivity contribution < 1.29 is 18.0 Å². The highest BCUT2D eigenvalue weighted by molar-refractivity contribution is 7.89. The molecule has 3 aromatic carbocycles. The van der Waals surface area contributed by atoms with Gasteiger partial charge in [-0.2, -0.15) is 4.72 Å². The zero-order valence-corrected chi connectivity index (χ0v) is 19.0. The summed E-state index contributed by atoms with van der Waals surface area (Å²) in [5.41, 5.74) is 3.48. The van der Waals surface area contributed by atoms with E-state index < -0.39 is 22.0 Å². The van der Waals surface area contributed by atoms with E-state index in [2.05, 4.69) is 15.4 Å². The van der Waals surface area contributed by atoms with E-state index in [9.17, 15) is 18.0 Å². The minimum absolute atomic E-state index is 0.0417. The van der Waals surface area contributed by atoms with Crippen molar-refractivity contribution in [2.75, 3.05) is 10.6 Å². The third-order valence-electron chi connectivity index (χ3n) is 5.61. The first kappa shape index (κ1) is 22.7. The van der Waals surface area contributed by atoms with Crippen LogP contribution in [0.1, 0.15) is 36.1 Å². The van der Waals surface area contributed by atoms with Crippen LogP contribution in [0, 0.1) is 0 Å². The molecule has 1 aliphatic heterocycles. The number of carbonyl (C=O) groups excluding carboxylic acids is 2. The number of nitrogens with one attached hydrogen (secondary N) is 3. The number of para-hydroxylation sites is 1. The van der Waals surface area contributed by atoms with E-state index in [0.717, 1.165) is 17.5 Å². The highest BCUT2D eigenvalue weighted by Gasteiger charge is 2.28. The first-order valence-electron chi connectivity index (χ1n) is 10.8. The van der Waals surface area contributed by atoms with E-state index in [1.807, 2.05) is 25.1 Å². The number of anilines is 2. The molecule has 7 nitrogen and oxygen atoms in total. The van der Waals surface area contributed by atoms with Crippen molar-refractivity contribution in [2.45, 2.75) is 37.1 Å². The predicted molar refractivity (Wildman–Crippen MR) is 127 cm³/mol. The predicted octanol–water partition coefficient (Wildman–Crippen LogP) is 3.79. The van der Waals surface area contributed by atoms with Crippen LogP contribution in [0.25, 0.3) is 0 Å². The van der Waals surface area contributed by atoms with E-state index in [-0.39, 0.29) is 10.8 Å². The number of sulfonamides is 1. The van der Waals surface area contributed by atoms with Crippen molar-refractivity contribution in [1.29, 1.82) is 0 Å². The average molecular weight is 464 g/mol. The molecule has 0 bridgehead atoms. The van der Waals surface area contributed by atoms with Gasteiger partial charge >= 0.3 is 0 Å². The molecule has 3 aromatic rings. The number of fused-ring (bicyclic) bond motifs is 1. The summed E-state index contributed by atoms with van der Waals surface area (Å²) < 4.78 is 29.1. The van der Waals surface area contributed by atoms with Gasteiger partial charge in [-0.05, 0) is 53.8 Å². The van der Waals surface area contributed by atoms with Gasteiger partial charge in [0, 0.05) is 17.8 Å². The standard InChI is InChI=1S/C25H25N3O4S/c1-2-17-8-6-7-11-21(17)27-25(30)24(18-9-4-3-5-10-18)28-33(31,32)20-13-14-22-19(16-20)12-15-23(29)26-22/h3-11,13-14,16,24,28H,2,12,15H2,1H3,(H,26,29)(H,27,30)/t24-/m0/s1. The molecule has 3 N–H and O–H groups in total. The Hall–Kier alpha value is -3.49. The lowest BCUT2D eigenvalue weighted by atomic mass is 10.0. The molecule has 33 heavy (non-hydrogen) atoms. The molecule has 170 valence electrons. The Kier molecular flexibility index (Phi) is 6.57. The first-order valence-corrected chi connectivity index (χ1v) is 12.2. The minimum atomic E-state index is -4.03. The smallest absolute Gasteiger partial charge is 0.247 e. The molecule has 4 rings (SSSR count). The maximum atomic E-state index is 13.3. The van der Waals surface area contributed by atoms with Crippen molar-refractivity contribution in [3.63, 3.8) is 0 Å². The molecule has 0 fully saturated rings. The maximum Gasteiger partial charge on any atom is 0.247 e. The number of amides is 2. The lowest BCUT2D eigenvalue weighted by Crippen LogP contribution is -2.37. The fourth-order valence-electron chi connectivity index (χ4n) is 3.82. The Morgan fingerprint density at radius 2 is 1.73 bits per heavy atom. The normalized spacial score (nSPS) is 14.2. The Morgan fingerprint density at radius 3 is 2.48 bits per heavy atom. The summed E-state index contributed by atoms with van der Waals surface area (Å²) in [6.07, 6.45) is 1.49. The van der Waals surface area contributed by atoms with E-state index in [0.29, 0.717) is 29.8 Å². The lowest BCUT2D eigenvalue weighted by Gasteiger charge is -2.21. The molecular formula is C25H25N3O4S. The maximum absolute atomic E-state index is 13.3.